The van der Waals surface area contributed by atoms with E-state index in [1.165, 1.54) is 0 Å². The van der Waals surface area contributed by atoms with Gasteiger partial charge in [-0.3, -0.25) is 5.10 Å². The Morgan fingerprint density at radius 3 is 2.92 bits per heavy atom. The van der Waals surface area contributed by atoms with Gasteiger partial charge >= 0.3 is 0 Å². The molecule has 0 spiro atoms. The molecule has 0 saturated carbocycles. The number of hydrogen-bond acceptors (Lipinski definition) is 4. The summed E-state index contributed by atoms with van der Waals surface area (Å²) in [6.07, 6.45) is 2.50. The van der Waals surface area contributed by atoms with Crippen LogP contribution in [-0.4, -0.2) is 10.2 Å². The van der Waals surface area contributed by atoms with Crippen molar-refractivity contribution in [2.24, 2.45) is 5.73 Å². The van der Waals surface area contributed by atoms with Crippen molar-refractivity contribution in [3.63, 3.8) is 0 Å². The van der Waals surface area contributed by atoms with Crippen molar-refractivity contribution >= 4 is 0 Å². The van der Waals surface area contributed by atoms with E-state index < -0.39 is 17.6 Å². The Bertz CT molecular complexity index is 851. The predicted octanol–water partition coefficient (Wildman–Crippen LogP) is 3.25. The molecule has 3 N–H and O–H groups in total. The Hall–Kier alpha value is -2.88. The first-order valence-electron chi connectivity index (χ1n) is 7.66. The van der Waals surface area contributed by atoms with Crippen LogP contribution in [0.5, 0.6) is 5.88 Å². The minimum absolute atomic E-state index is 0.0400. The zero-order valence-corrected chi connectivity index (χ0v) is 13.1. The Labute approximate surface area is 137 Å². The quantitative estimate of drug-likeness (QED) is 0.901. The lowest BCUT2D eigenvalue weighted by Gasteiger charge is -2.24. The molecular formula is C17H16F2N4O. The second-order valence-corrected chi connectivity index (χ2v) is 5.62. The average molecular weight is 330 g/mol. The van der Waals surface area contributed by atoms with Gasteiger partial charge in [0.15, 0.2) is 0 Å². The fourth-order valence-electron chi connectivity index (χ4n) is 2.90. The number of allylic oxidation sites excluding steroid dienone is 1. The highest BCUT2D eigenvalue weighted by Crippen LogP contribution is 2.43. The number of unbranched alkanes of at least 4 members (excludes halogenated alkanes) is 1. The summed E-state index contributed by atoms with van der Waals surface area (Å²) in [4.78, 5) is 0. The first kappa shape index (κ1) is 16.0. The summed E-state index contributed by atoms with van der Waals surface area (Å²) >= 11 is 0. The third kappa shape index (κ3) is 2.60. The maximum Gasteiger partial charge on any atom is 0.244 e. The van der Waals surface area contributed by atoms with Crippen molar-refractivity contribution in [2.75, 3.05) is 0 Å². The predicted molar refractivity (Wildman–Crippen MR) is 82.9 cm³/mol. The molecule has 0 bridgehead atoms. The van der Waals surface area contributed by atoms with E-state index in [1.54, 1.807) is 0 Å². The lowest BCUT2D eigenvalue weighted by Crippen LogP contribution is -2.22. The zero-order valence-electron chi connectivity index (χ0n) is 13.1. The molecule has 1 aromatic heterocycles. The molecule has 0 amide bonds. The Balaban J connectivity index is 2.21. The van der Waals surface area contributed by atoms with Gasteiger partial charge in [0.25, 0.3) is 0 Å². The number of H-pyrrole nitrogens is 1. The van der Waals surface area contributed by atoms with Crippen LogP contribution in [0.3, 0.4) is 0 Å². The first-order valence-corrected chi connectivity index (χ1v) is 7.66. The molecule has 2 aromatic rings. The number of nitrogens with two attached hydrogens (primary N) is 1. The summed E-state index contributed by atoms with van der Waals surface area (Å²) in [5, 5.41) is 16.4. The lowest BCUT2D eigenvalue weighted by atomic mass is 9.83. The van der Waals surface area contributed by atoms with Crippen LogP contribution in [0.2, 0.25) is 0 Å². The number of ether oxygens (including phenoxy) is 1. The second-order valence-electron chi connectivity index (χ2n) is 5.62. The first-order chi connectivity index (χ1) is 11.6. The molecule has 124 valence electrons. The van der Waals surface area contributed by atoms with Crippen LogP contribution in [0.25, 0.3) is 0 Å². The minimum Gasteiger partial charge on any atom is -0.420 e. The van der Waals surface area contributed by atoms with Crippen LogP contribution in [-0.2, 0) is 6.42 Å². The van der Waals surface area contributed by atoms with Gasteiger partial charge in [-0.1, -0.05) is 13.3 Å². The number of fused-ring (bicyclic) bond motifs is 1. The third-order valence-corrected chi connectivity index (χ3v) is 4.07. The van der Waals surface area contributed by atoms with E-state index in [4.69, 9.17) is 10.5 Å². The van der Waals surface area contributed by atoms with Crippen LogP contribution in [0.15, 0.2) is 29.7 Å². The van der Waals surface area contributed by atoms with E-state index in [2.05, 4.69) is 10.2 Å². The normalized spacial score (nSPS) is 16.5. The van der Waals surface area contributed by atoms with Gasteiger partial charge in [-0.15, -0.1) is 5.10 Å². The smallest absolute Gasteiger partial charge is 0.244 e. The maximum atomic E-state index is 14.4. The number of nitrogens with one attached hydrogen (secondary N) is 1. The topological polar surface area (TPSA) is 87.7 Å². The number of rotatable bonds is 4. The maximum absolute atomic E-state index is 14.4. The Morgan fingerprint density at radius 2 is 2.21 bits per heavy atom. The Kier molecular flexibility index (Phi) is 4.21. The number of aryl methyl sites for hydroxylation is 1. The molecule has 1 aliphatic heterocycles. The largest absolute Gasteiger partial charge is 0.420 e. The summed E-state index contributed by atoms with van der Waals surface area (Å²) in [5.74, 6) is -2.00. The molecule has 0 fully saturated rings. The highest BCUT2D eigenvalue weighted by molar-refractivity contribution is 5.55. The van der Waals surface area contributed by atoms with Crippen molar-refractivity contribution in [2.45, 2.75) is 32.1 Å². The fraction of sp³-hybridized carbons (Fsp3) is 0.294. The van der Waals surface area contributed by atoms with Gasteiger partial charge < -0.3 is 10.5 Å². The van der Waals surface area contributed by atoms with E-state index >= 15 is 0 Å². The number of halogens is 2. The van der Waals surface area contributed by atoms with Gasteiger partial charge in [0.2, 0.25) is 11.8 Å². The number of aromatic nitrogens is 2. The van der Waals surface area contributed by atoms with E-state index in [-0.39, 0.29) is 22.9 Å². The Morgan fingerprint density at radius 1 is 1.42 bits per heavy atom. The van der Waals surface area contributed by atoms with Crippen LogP contribution in [0.4, 0.5) is 8.78 Å². The molecule has 0 radical (unpaired) electrons. The molecule has 1 unspecified atom stereocenters. The summed E-state index contributed by atoms with van der Waals surface area (Å²) in [6.45, 7) is 2.04. The van der Waals surface area contributed by atoms with E-state index in [0.717, 1.165) is 36.7 Å². The highest BCUT2D eigenvalue weighted by Gasteiger charge is 2.36. The van der Waals surface area contributed by atoms with Gasteiger partial charge in [0, 0.05) is 11.3 Å². The van der Waals surface area contributed by atoms with Crippen LogP contribution >= 0.6 is 0 Å². The van der Waals surface area contributed by atoms with Crippen LogP contribution in [0.1, 0.15) is 42.5 Å². The molecule has 1 aromatic carbocycles. The number of hydrogen-bond donors (Lipinski definition) is 2. The monoisotopic (exact) mass is 330 g/mol. The summed E-state index contributed by atoms with van der Waals surface area (Å²) < 4.78 is 33.4. The van der Waals surface area contributed by atoms with Crippen molar-refractivity contribution in [1.82, 2.24) is 10.2 Å². The average Bonchev–Trinajstić information content (AvgIpc) is 2.96. The van der Waals surface area contributed by atoms with Gasteiger partial charge in [-0.2, -0.15) is 5.26 Å². The number of nitrogens with zero attached hydrogens (tertiary/aromatic N) is 2. The van der Waals surface area contributed by atoms with E-state index in [0.29, 0.717) is 12.0 Å². The summed E-state index contributed by atoms with van der Waals surface area (Å²) in [5.41, 5.74) is 7.16. The van der Waals surface area contributed by atoms with Gasteiger partial charge in [0.1, 0.15) is 23.3 Å². The minimum atomic E-state index is -0.847. The third-order valence-electron chi connectivity index (χ3n) is 4.07. The van der Waals surface area contributed by atoms with Gasteiger partial charge in [0.05, 0.1) is 11.5 Å². The number of nitriles is 1. The second kappa shape index (κ2) is 6.32. The molecular weight excluding hydrogens is 314 g/mol. The molecule has 1 atom stereocenters. The number of benzene rings is 1. The van der Waals surface area contributed by atoms with E-state index in [1.807, 2.05) is 13.0 Å². The molecule has 2 heterocycles. The molecule has 24 heavy (non-hydrogen) atoms. The van der Waals surface area contributed by atoms with Crippen molar-refractivity contribution in [3.05, 3.63) is 58.1 Å². The van der Waals surface area contributed by atoms with Crippen molar-refractivity contribution in [1.29, 1.82) is 5.26 Å². The van der Waals surface area contributed by atoms with Gasteiger partial charge in [-0.05, 0) is 31.0 Å². The lowest BCUT2D eigenvalue weighted by molar-refractivity contribution is 0.377. The molecule has 0 aliphatic carbocycles. The standard InChI is InChI=1S/C17H16F2N4O/c1-2-3-4-13-15-14(10-7-9(18)5-6-12(10)19)11(8-20)16(21)24-17(15)23-22-13/h5-7,14H,2-4,21H2,1H3,(H,22,23). The van der Waals surface area contributed by atoms with Crippen molar-refractivity contribution in [3.8, 4) is 11.9 Å². The SMILES string of the molecule is CCCCc1[nH]nc2c1C(c1cc(F)ccc1F)C(C#N)=C(N)O2. The molecule has 5 nitrogen and oxygen atoms in total. The van der Waals surface area contributed by atoms with Crippen LogP contribution < -0.4 is 10.5 Å². The molecule has 0 saturated heterocycles. The molecule has 3 rings (SSSR count). The van der Waals surface area contributed by atoms with Gasteiger partial charge in [-0.25, -0.2) is 8.78 Å². The highest BCUT2D eigenvalue weighted by atomic mass is 19.1. The van der Waals surface area contributed by atoms with E-state index in [9.17, 15) is 14.0 Å². The zero-order chi connectivity index (χ0) is 17.3. The fourth-order valence-corrected chi connectivity index (χ4v) is 2.90. The van der Waals surface area contributed by atoms with Crippen LogP contribution in [0, 0.1) is 23.0 Å². The summed E-state index contributed by atoms with van der Waals surface area (Å²) in [7, 11) is 0. The molecule has 1 aliphatic rings. The summed E-state index contributed by atoms with van der Waals surface area (Å²) in [6, 6.07) is 5.11. The van der Waals surface area contributed by atoms with Crippen molar-refractivity contribution < 1.29 is 13.5 Å². The number of aromatic amines is 1. The molecule has 7 heteroatoms.